The molecule has 0 spiro atoms. The minimum Gasteiger partial charge on any atom is -0.0859 e. The SMILES string of the molecule is CC[Si](C=C(c1ccccc1)c1ccccc1)(CC)CC. The van der Waals surface area contributed by atoms with Gasteiger partial charge in [-0.25, -0.2) is 0 Å². The van der Waals surface area contributed by atoms with Gasteiger partial charge in [-0.15, -0.1) is 0 Å². The van der Waals surface area contributed by atoms with Gasteiger partial charge in [-0.3, -0.25) is 0 Å². The highest BCUT2D eigenvalue weighted by atomic mass is 28.3. The normalized spacial score (nSPS) is 11.2. The first-order valence-corrected chi connectivity index (χ1v) is 10.8. The molecular formula is C20H26Si. The third-order valence-corrected chi connectivity index (χ3v) is 9.86. The fraction of sp³-hybridized carbons (Fsp3) is 0.300. The van der Waals surface area contributed by atoms with Crippen molar-refractivity contribution in [1.29, 1.82) is 0 Å². The lowest BCUT2D eigenvalue weighted by molar-refractivity contribution is 1.19. The summed E-state index contributed by atoms with van der Waals surface area (Å²) in [6, 6.07) is 25.6. The van der Waals surface area contributed by atoms with Crippen LogP contribution in [0.2, 0.25) is 18.1 Å². The summed E-state index contributed by atoms with van der Waals surface area (Å²) in [4.78, 5) is 0. The molecule has 2 aromatic rings. The predicted molar refractivity (Wildman–Crippen MR) is 97.2 cm³/mol. The van der Waals surface area contributed by atoms with E-state index in [1.54, 1.807) is 0 Å². The Balaban J connectivity index is 2.57. The van der Waals surface area contributed by atoms with Gasteiger partial charge in [0.05, 0.1) is 8.07 Å². The third kappa shape index (κ3) is 3.73. The van der Waals surface area contributed by atoms with Crippen molar-refractivity contribution in [3.63, 3.8) is 0 Å². The van der Waals surface area contributed by atoms with Crippen LogP contribution in [0.25, 0.3) is 5.57 Å². The van der Waals surface area contributed by atoms with Crippen molar-refractivity contribution in [2.24, 2.45) is 0 Å². The topological polar surface area (TPSA) is 0 Å². The summed E-state index contributed by atoms with van der Waals surface area (Å²) in [5.74, 6) is 0. The number of hydrogen-bond acceptors (Lipinski definition) is 0. The molecule has 110 valence electrons. The van der Waals surface area contributed by atoms with Gasteiger partial charge in [0.25, 0.3) is 0 Å². The van der Waals surface area contributed by atoms with Gasteiger partial charge in [-0.2, -0.15) is 0 Å². The Morgan fingerprint density at radius 3 is 1.43 bits per heavy atom. The molecule has 2 aromatic carbocycles. The first-order chi connectivity index (χ1) is 10.2. The van der Waals surface area contributed by atoms with Gasteiger partial charge in [0.15, 0.2) is 0 Å². The van der Waals surface area contributed by atoms with E-state index in [0.29, 0.717) is 0 Å². The van der Waals surface area contributed by atoms with E-state index in [2.05, 4.69) is 87.1 Å². The van der Waals surface area contributed by atoms with Crippen LogP contribution >= 0.6 is 0 Å². The van der Waals surface area contributed by atoms with Gasteiger partial charge >= 0.3 is 0 Å². The Kier molecular flexibility index (Phi) is 5.57. The summed E-state index contributed by atoms with van der Waals surface area (Å²) in [6.45, 7) is 7.09. The fourth-order valence-electron chi connectivity index (χ4n) is 2.93. The van der Waals surface area contributed by atoms with E-state index in [4.69, 9.17) is 0 Å². The van der Waals surface area contributed by atoms with Crippen LogP contribution in [-0.2, 0) is 0 Å². The van der Waals surface area contributed by atoms with E-state index in [0.717, 1.165) is 0 Å². The Bertz CT molecular complexity index is 516. The van der Waals surface area contributed by atoms with E-state index in [-0.39, 0.29) is 0 Å². The van der Waals surface area contributed by atoms with Crippen LogP contribution in [0.4, 0.5) is 0 Å². The van der Waals surface area contributed by atoms with Crippen molar-refractivity contribution >= 4 is 13.6 Å². The first kappa shape index (κ1) is 15.8. The van der Waals surface area contributed by atoms with Crippen LogP contribution < -0.4 is 0 Å². The molecule has 0 aromatic heterocycles. The molecule has 21 heavy (non-hydrogen) atoms. The van der Waals surface area contributed by atoms with Gasteiger partial charge in [-0.1, -0.05) is 105 Å². The first-order valence-electron chi connectivity index (χ1n) is 8.08. The Morgan fingerprint density at radius 2 is 1.10 bits per heavy atom. The minimum absolute atomic E-state index is 1.31. The molecule has 0 saturated carbocycles. The zero-order chi connectivity index (χ0) is 15.1. The number of hydrogen-bond donors (Lipinski definition) is 0. The minimum atomic E-state index is -1.31. The maximum absolute atomic E-state index is 2.65. The highest BCUT2D eigenvalue weighted by molar-refractivity contribution is 6.85. The summed E-state index contributed by atoms with van der Waals surface area (Å²) in [5.41, 5.74) is 6.76. The number of benzene rings is 2. The molecule has 0 aliphatic rings. The summed E-state index contributed by atoms with van der Waals surface area (Å²) in [6.07, 6.45) is 0. The second-order valence-electron chi connectivity index (χ2n) is 5.71. The average molecular weight is 295 g/mol. The lowest BCUT2D eigenvalue weighted by Crippen LogP contribution is -2.29. The van der Waals surface area contributed by atoms with Crippen molar-refractivity contribution in [3.05, 3.63) is 77.5 Å². The third-order valence-electron chi connectivity index (χ3n) is 4.73. The highest BCUT2D eigenvalue weighted by Gasteiger charge is 2.25. The zero-order valence-electron chi connectivity index (χ0n) is 13.5. The molecule has 0 bridgehead atoms. The largest absolute Gasteiger partial charge is 0.0859 e. The Hall–Kier alpha value is -1.60. The maximum atomic E-state index is 2.65. The van der Waals surface area contributed by atoms with E-state index >= 15 is 0 Å². The predicted octanol–water partition coefficient (Wildman–Crippen LogP) is 6.17. The average Bonchev–Trinajstić information content (AvgIpc) is 2.58. The molecule has 0 N–H and O–H groups in total. The van der Waals surface area contributed by atoms with E-state index < -0.39 is 8.07 Å². The van der Waals surface area contributed by atoms with Crippen molar-refractivity contribution in [2.45, 2.75) is 38.9 Å². The lowest BCUT2D eigenvalue weighted by Gasteiger charge is -2.26. The van der Waals surface area contributed by atoms with Crippen LogP contribution in [0.15, 0.2) is 66.4 Å². The molecule has 0 atom stereocenters. The highest BCUT2D eigenvalue weighted by Crippen LogP contribution is 2.30. The molecule has 0 radical (unpaired) electrons. The quantitative estimate of drug-likeness (QED) is 0.559. The van der Waals surface area contributed by atoms with E-state index in [1.165, 1.54) is 34.8 Å². The second-order valence-corrected chi connectivity index (χ2v) is 10.8. The molecule has 0 heterocycles. The summed E-state index contributed by atoms with van der Waals surface area (Å²) in [5, 5.41) is 0. The van der Waals surface area contributed by atoms with Crippen LogP contribution in [-0.4, -0.2) is 8.07 Å². The Labute approximate surface area is 130 Å². The molecular weight excluding hydrogens is 268 g/mol. The van der Waals surface area contributed by atoms with Gasteiger partial charge in [0.2, 0.25) is 0 Å². The standard InChI is InChI=1S/C20H26Si/c1-4-21(5-2,6-3)17-20(18-13-9-7-10-14-18)19-15-11-8-12-16-19/h7-17H,4-6H2,1-3H3. The summed E-state index contributed by atoms with van der Waals surface area (Å²) >= 11 is 0. The lowest BCUT2D eigenvalue weighted by atomic mass is 10.00. The Morgan fingerprint density at radius 1 is 0.714 bits per heavy atom. The van der Waals surface area contributed by atoms with E-state index in [1.807, 2.05) is 0 Å². The smallest absolute Gasteiger partial charge is 0.0778 e. The molecule has 0 aliphatic heterocycles. The molecule has 1 heteroatoms. The molecule has 0 fully saturated rings. The van der Waals surface area contributed by atoms with Crippen molar-refractivity contribution < 1.29 is 0 Å². The van der Waals surface area contributed by atoms with Crippen LogP contribution in [0.1, 0.15) is 31.9 Å². The molecule has 0 aliphatic carbocycles. The van der Waals surface area contributed by atoms with Crippen molar-refractivity contribution in [1.82, 2.24) is 0 Å². The zero-order valence-corrected chi connectivity index (χ0v) is 14.5. The van der Waals surface area contributed by atoms with Crippen LogP contribution in [0.3, 0.4) is 0 Å². The summed E-state index contributed by atoms with van der Waals surface area (Å²) < 4.78 is 0. The van der Waals surface area contributed by atoms with Gasteiger partial charge in [0.1, 0.15) is 0 Å². The maximum Gasteiger partial charge on any atom is 0.0778 e. The van der Waals surface area contributed by atoms with Crippen molar-refractivity contribution in [2.75, 3.05) is 0 Å². The van der Waals surface area contributed by atoms with Crippen LogP contribution in [0, 0.1) is 0 Å². The number of rotatable bonds is 6. The second kappa shape index (κ2) is 7.42. The van der Waals surface area contributed by atoms with Gasteiger partial charge in [-0.05, 0) is 16.7 Å². The molecule has 0 saturated heterocycles. The van der Waals surface area contributed by atoms with Crippen molar-refractivity contribution in [3.8, 4) is 0 Å². The fourth-order valence-corrected chi connectivity index (χ4v) is 5.99. The molecule has 0 amide bonds. The van der Waals surface area contributed by atoms with Gasteiger partial charge in [0, 0.05) is 0 Å². The monoisotopic (exact) mass is 294 g/mol. The summed E-state index contributed by atoms with van der Waals surface area (Å²) in [7, 11) is -1.31. The molecule has 0 unspecified atom stereocenters. The molecule has 2 rings (SSSR count). The van der Waals surface area contributed by atoms with Gasteiger partial charge < -0.3 is 0 Å². The van der Waals surface area contributed by atoms with Crippen LogP contribution in [0.5, 0.6) is 0 Å². The van der Waals surface area contributed by atoms with E-state index in [9.17, 15) is 0 Å². The molecule has 0 nitrogen and oxygen atoms in total.